The zero-order valence-electron chi connectivity index (χ0n) is 12.8. The smallest absolute Gasteiger partial charge is 0.191 e. The summed E-state index contributed by atoms with van der Waals surface area (Å²) in [6.07, 6.45) is 0. The molecule has 0 radical (unpaired) electrons. The number of aliphatic imine (C=N–C) groups is 1. The van der Waals surface area contributed by atoms with Crippen molar-refractivity contribution in [3.8, 4) is 0 Å². The minimum atomic E-state index is -0.222. The highest BCUT2D eigenvalue weighted by Gasteiger charge is 1.99. The first-order valence-electron chi connectivity index (χ1n) is 6.92. The van der Waals surface area contributed by atoms with Crippen LogP contribution in [-0.2, 0) is 13.1 Å². The first kappa shape index (κ1) is 18.4. The molecule has 0 spiro atoms. The second kappa shape index (κ2) is 9.40. The molecule has 0 aliphatic heterocycles. The number of benzene rings is 2. The van der Waals surface area contributed by atoms with Gasteiger partial charge < -0.3 is 10.6 Å². The van der Waals surface area contributed by atoms with Crippen molar-refractivity contribution in [1.29, 1.82) is 0 Å². The topological polar surface area (TPSA) is 36.4 Å². The van der Waals surface area contributed by atoms with Crippen LogP contribution in [0.25, 0.3) is 0 Å². The van der Waals surface area contributed by atoms with Crippen LogP contribution in [0.5, 0.6) is 0 Å². The van der Waals surface area contributed by atoms with Crippen LogP contribution in [-0.4, -0.2) is 13.0 Å². The van der Waals surface area contributed by atoms with Gasteiger partial charge in [-0.3, -0.25) is 4.99 Å². The van der Waals surface area contributed by atoms with E-state index in [9.17, 15) is 4.39 Å². The number of nitrogens with one attached hydrogen (secondary N) is 2. The van der Waals surface area contributed by atoms with Crippen LogP contribution in [0, 0.1) is 12.7 Å². The zero-order chi connectivity index (χ0) is 15.1. The van der Waals surface area contributed by atoms with E-state index in [4.69, 9.17) is 0 Å². The van der Waals surface area contributed by atoms with E-state index >= 15 is 0 Å². The number of nitrogens with zero attached hydrogens (tertiary/aromatic N) is 1. The Hall–Kier alpha value is -1.63. The maximum atomic E-state index is 12.8. The van der Waals surface area contributed by atoms with Crippen molar-refractivity contribution >= 4 is 29.9 Å². The number of aryl methyl sites for hydroxylation is 1. The molecule has 22 heavy (non-hydrogen) atoms. The molecule has 3 nitrogen and oxygen atoms in total. The van der Waals surface area contributed by atoms with E-state index in [1.165, 1.54) is 23.3 Å². The summed E-state index contributed by atoms with van der Waals surface area (Å²) in [6.45, 7) is 3.39. The summed E-state index contributed by atoms with van der Waals surface area (Å²) >= 11 is 0. The zero-order valence-corrected chi connectivity index (χ0v) is 15.1. The Bertz CT molecular complexity index is 543. The fraction of sp³-hybridized carbons (Fsp3) is 0.235. The van der Waals surface area contributed by atoms with Gasteiger partial charge in [-0.25, -0.2) is 4.39 Å². The minimum Gasteiger partial charge on any atom is -0.352 e. The van der Waals surface area contributed by atoms with Crippen molar-refractivity contribution in [2.24, 2.45) is 4.99 Å². The Balaban J connectivity index is 0.00000242. The monoisotopic (exact) mass is 413 g/mol. The molecule has 0 saturated carbocycles. The summed E-state index contributed by atoms with van der Waals surface area (Å²) < 4.78 is 12.8. The van der Waals surface area contributed by atoms with Gasteiger partial charge in [0.1, 0.15) is 5.82 Å². The fourth-order valence-corrected chi connectivity index (χ4v) is 1.90. The van der Waals surface area contributed by atoms with Gasteiger partial charge in [0, 0.05) is 20.1 Å². The molecule has 0 heterocycles. The first-order chi connectivity index (χ1) is 10.2. The molecule has 118 valence electrons. The third-order valence-electron chi connectivity index (χ3n) is 3.18. The van der Waals surface area contributed by atoms with Crippen molar-refractivity contribution in [2.75, 3.05) is 7.05 Å². The maximum absolute atomic E-state index is 12.8. The predicted molar refractivity (Wildman–Crippen MR) is 100 cm³/mol. The molecule has 2 rings (SSSR count). The Morgan fingerprint density at radius 2 is 1.36 bits per heavy atom. The van der Waals surface area contributed by atoms with Crippen LogP contribution >= 0.6 is 24.0 Å². The summed E-state index contributed by atoms with van der Waals surface area (Å²) in [6, 6.07) is 14.8. The van der Waals surface area contributed by atoms with Gasteiger partial charge in [0.05, 0.1) is 0 Å². The fourth-order valence-electron chi connectivity index (χ4n) is 1.90. The van der Waals surface area contributed by atoms with Gasteiger partial charge in [0.25, 0.3) is 0 Å². The van der Waals surface area contributed by atoms with Gasteiger partial charge >= 0.3 is 0 Å². The van der Waals surface area contributed by atoms with Crippen LogP contribution in [0.4, 0.5) is 4.39 Å². The summed E-state index contributed by atoms with van der Waals surface area (Å²) in [4.78, 5) is 4.17. The Labute approximate surface area is 148 Å². The van der Waals surface area contributed by atoms with E-state index < -0.39 is 0 Å². The SMILES string of the molecule is CN=C(NCc1ccc(C)cc1)NCc1ccc(F)cc1.I. The second-order valence-electron chi connectivity index (χ2n) is 4.89. The quantitative estimate of drug-likeness (QED) is 0.457. The van der Waals surface area contributed by atoms with Crippen LogP contribution in [0.15, 0.2) is 53.5 Å². The van der Waals surface area contributed by atoms with E-state index in [1.807, 2.05) is 0 Å². The number of hydrogen-bond donors (Lipinski definition) is 2. The highest BCUT2D eigenvalue weighted by atomic mass is 127. The van der Waals surface area contributed by atoms with Crippen LogP contribution in [0.2, 0.25) is 0 Å². The van der Waals surface area contributed by atoms with E-state index in [2.05, 4.69) is 46.8 Å². The summed E-state index contributed by atoms with van der Waals surface area (Å²) in [7, 11) is 1.73. The Morgan fingerprint density at radius 1 is 0.909 bits per heavy atom. The van der Waals surface area contributed by atoms with Crippen molar-refractivity contribution in [1.82, 2.24) is 10.6 Å². The molecule has 0 saturated heterocycles. The van der Waals surface area contributed by atoms with E-state index in [-0.39, 0.29) is 29.8 Å². The molecule has 0 amide bonds. The lowest BCUT2D eigenvalue weighted by atomic mass is 10.1. The maximum Gasteiger partial charge on any atom is 0.191 e. The van der Waals surface area contributed by atoms with Gasteiger partial charge in [-0.05, 0) is 30.2 Å². The van der Waals surface area contributed by atoms with Crippen molar-refractivity contribution in [2.45, 2.75) is 20.0 Å². The Morgan fingerprint density at radius 3 is 1.82 bits per heavy atom. The molecule has 0 aromatic heterocycles. The molecule has 0 fully saturated rings. The molecule has 2 N–H and O–H groups in total. The number of rotatable bonds is 4. The lowest BCUT2D eigenvalue weighted by Crippen LogP contribution is -2.36. The highest BCUT2D eigenvalue weighted by Crippen LogP contribution is 2.03. The number of hydrogen-bond acceptors (Lipinski definition) is 1. The standard InChI is InChI=1S/C17H20FN3.HI/c1-13-3-5-14(6-4-13)11-20-17(19-2)21-12-15-7-9-16(18)10-8-15;/h3-10H,11-12H2,1-2H3,(H2,19,20,21);1H. The normalized spacial score (nSPS) is 10.8. The minimum absolute atomic E-state index is 0. The molecule has 5 heteroatoms. The molecule has 0 unspecified atom stereocenters. The average molecular weight is 413 g/mol. The first-order valence-corrected chi connectivity index (χ1v) is 6.92. The summed E-state index contributed by atoms with van der Waals surface area (Å²) in [5.74, 6) is 0.500. The average Bonchev–Trinajstić information content (AvgIpc) is 2.51. The summed E-state index contributed by atoms with van der Waals surface area (Å²) in [5.41, 5.74) is 3.46. The van der Waals surface area contributed by atoms with Crippen molar-refractivity contribution in [3.05, 3.63) is 71.0 Å². The molecular formula is C17H21FIN3. The van der Waals surface area contributed by atoms with E-state index in [0.717, 1.165) is 11.5 Å². The number of guanidine groups is 1. The van der Waals surface area contributed by atoms with Crippen LogP contribution in [0.1, 0.15) is 16.7 Å². The van der Waals surface area contributed by atoms with Gasteiger partial charge in [0.2, 0.25) is 0 Å². The highest BCUT2D eigenvalue weighted by molar-refractivity contribution is 14.0. The van der Waals surface area contributed by atoms with Crippen molar-refractivity contribution < 1.29 is 4.39 Å². The van der Waals surface area contributed by atoms with Crippen molar-refractivity contribution in [3.63, 3.8) is 0 Å². The molecule has 0 atom stereocenters. The molecular weight excluding hydrogens is 392 g/mol. The summed E-state index contributed by atoms with van der Waals surface area (Å²) in [5, 5.41) is 6.45. The lowest BCUT2D eigenvalue weighted by Gasteiger charge is -2.12. The van der Waals surface area contributed by atoms with Crippen LogP contribution < -0.4 is 10.6 Å². The number of halogens is 2. The van der Waals surface area contributed by atoms with Gasteiger partial charge in [-0.2, -0.15) is 0 Å². The van der Waals surface area contributed by atoms with Crippen LogP contribution in [0.3, 0.4) is 0 Å². The lowest BCUT2D eigenvalue weighted by molar-refractivity contribution is 0.626. The molecule has 0 bridgehead atoms. The third kappa shape index (κ3) is 6.01. The van der Waals surface area contributed by atoms with E-state index in [1.54, 1.807) is 19.2 Å². The molecule has 2 aromatic rings. The largest absolute Gasteiger partial charge is 0.352 e. The van der Waals surface area contributed by atoms with Gasteiger partial charge in [-0.1, -0.05) is 42.0 Å². The molecule has 0 aliphatic carbocycles. The van der Waals surface area contributed by atoms with E-state index in [0.29, 0.717) is 13.1 Å². The molecule has 0 aliphatic rings. The van der Waals surface area contributed by atoms with Gasteiger partial charge in [0.15, 0.2) is 5.96 Å². The Kier molecular flexibility index (Phi) is 7.87. The molecule has 2 aromatic carbocycles. The third-order valence-corrected chi connectivity index (χ3v) is 3.18. The second-order valence-corrected chi connectivity index (χ2v) is 4.89. The van der Waals surface area contributed by atoms with Gasteiger partial charge in [-0.15, -0.1) is 24.0 Å². The predicted octanol–water partition coefficient (Wildman–Crippen LogP) is 3.62.